The van der Waals surface area contributed by atoms with Crippen molar-refractivity contribution >= 4 is 0 Å². The number of rotatable bonds is 4. The van der Waals surface area contributed by atoms with E-state index in [1.54, 1.807) is 0 Å². The molecule has 1 aliphatic carbocycles. The summed E-state index contributed by atoms with van der Waals surface area (Å²) in [6.07, 6.45) is 10.1. The third kappa shape index (κ3) is 2.60. The molecule has 0 aromatic rings. The molecular formula is C14H27NO. The molecule has 1 N–H and O–H groups in total. The largest absolute Gasteiger partial charge is 0.378 e. The molecule has 2 rings (SSSR count). The van der Waals surface area contributed by atoms with E-state index in [4.69, 9.17) is 4.74 Å². The van der Waals surface area contributed by atoms with Gasteiger partial charge in [0.1, 0.15) is 0 Å². The molecule has 1 heterocycles. The molecule has 0 spiro atoms. The Labute approximate surface area is 100 Å². The van der Waals surface area contributed by atoms with Crippen molar-refractivity contribution in [3.05, 3.63) is 0 Å². The zero-order valence-corrected chi connectivity index (χ0v) is 10.9. The van der Waals surface area contributed by atoms with Crippen molar-refractivity contribution in [3.8, 4) is 0 Å². The van der Waals surface area contributed by atoms with Gasteiger partial charge in [-0.1, -0.05) is 26.2 Å². The smallest absolute Gasteiger partial charge is 0.0616 e. The second-order valence-electron chi connectivity index (χ2n) is 5.48. The maximum absolute atomic E-state index is 5.85. The molecule has 2 fully saturated rings. The number of nitrogens with one attached hydrogen (secondary N) is 1. The van der Waals surface area contributed by atoms with E-state index >= 15 is 0 Å². The van der Waals surface area contributed by atoms with Crippen LogP contribution in [0, 0.1) is 11.8 Å². The zero-order valence-electron chi connectivity index (χ0n) is 10.9. The number of hydrogen-bond donors (Lipinski definition) is 1. The molecule has 0 aromatic carbocycles. The molecule has 0 radical (unpaired) electrons. The van der Waals surface area contributed by atoms with E-state index < -0.39 is 0 Å². The second-order valence-corrected chi connectivity index (χ2v) is 5.48. The Kier molecular flexibility index (Phi) is 4.66. The summed E-state index contributed by atoms with van der Waals surface area (Å²) in [5.74, 6) is 1.66. The predicted octanol–water partition coefficient (Wildman–Crippen LogP) is 2.97. The van der Waals surface area contributed by atoms with Crippen molar-refractivity contribution in [1.82, 2.24) is 5.32 Å². The van der Waals surface area contributed by atoms with Crippen LogP contribution in [0.25, 0.3) is 0 Å². The molecule has 3 atom stereocenters. The highest BCUT2D eigenvalue weighted by Crippen LogP contribution is 2.35. The molecule has 2 nitrogen and oxygen atoms in total. The summed E-state index contributed by atoms with van der Waals surface area (Å²) in [6, 6.07) is 0.702. The lowest BCUT2D eigenvalue weighted by Gasteiger charge is -2.35. The van der Waals surface area contributed by atoms with E-state index in [0.717, 1.165) is 18.4 Å². The summed E-state index contributed by atoms with van der Waals surface area (Å²) in [6.45, 7) is 3.24. The molecule has 0 amide bonds. The molecule has 1 saturated carbocycles. The molecule has 0 bridgehead atoms. The van der Waals surface area contributed by atoms with Crippen LogP contribution in [0.5, 0.6) is 0 Å². The van der Waals surface area contributed by atoms with Gasteiger partial charge in [0, 0.05) is 18.6 Å². The Bertz CT molecular complexity index is 201. The van der Waals surface area contributed by atoms with Crippen molar-refractivity contribution in [2.24, 2.45) is 11.8 Å². The summed E-state index contributed by atoms with van der Waals surface area (Å²) >= 11 is 0. The summed E-state index contributed by atoms with van der Waals surface area (Å²) in [5, 5.41) is 3.60. The van der Waals surface area contributed by atoms with E-state index in [-0.39, 0.29) is 0 Å². The first-order valence-electron chi connectivity index (χ1n) is 7.15. The van der Waals surface area contributed by atoms with Gasteiger partial charge in [-0.05, 0) is 38.6 Å². The first-order valence-corrected chi connectivity index (χ1v) is 7.15. The number of hydrogen-bond acceptors (Lipinski definition) is 2. The van der Waals surface area contributed by atoms with E-state index in [1.165, 1.54) is 44.9 Å². The van der Waals surface area contributed by atoms with Crippen LogP contribution in [0.3, 0.4) is 0 Å². The molecular weight excluding hydrogens is 198 g/mol. The average Bonchev–Trinajstić information content (AvgIpc) is 2.80. The van der Waals surface area contributed by atoms with Crippen molar-refractivity contribution in [3.63, 3.8) is 0 Å². The van der Waals surface area contributed by atoms with Crippen LogP contribution in [-0.2, 0) is 4.74 Å². The fourth-order valence-corrected chi connectivity index (χ4v) is 3.79. The van der Waals surface area contributed by atoms with Gasteiger partial charge in [-0.2, -0.15) is 0 Å². The SMILES string of the molecule is CCC1OCCC1C(NC)C1CCCCC1. The van der Waals surface area contributed by atoms with E-state index in [1.807, 2.05) is 0 Å². The van der Waals surface area contributed by atoms with E-state index in [2.05, 4.69) is 19.3 Å². The first-order chi connectivity index (χ1) is 7.86. The van der Waals surface area contributed by atoms with Gasteiger partial charge < -0.3 is 10.1 Å². The summed E-state index contributed by atoms with van der Waals surface area (Å²) in [4.78, 5) is 0. The van der Waals surface area contributed by atoms with Crippen LogP contribution < -0.4 is 5.32 Å². The summed E-state index contributed by atoms with van der Waals surface area (Å²) in [7, 11) is 2.14. The molecule has 1 aliphatic heterocycles. The molecule has 3 unspecified atom stereocenters. The van der Waals surface area contributed by atoms with Crippen molar-refractivity contribution in [2.75, 3.05) is 13.7 Å². The van der Waals surface area contributed by atoms with Crippen LogP contribution >= 0.6 is 0 Å². The van der Waals surface area contributed by atoms with Gasteiger partial charge in [-0.3, -0.25) is 0 Å². The highest BCUT2D eigenvalue weighted by atomic mass is 16.5. The monoisotopic (exact) mass is 225 g/mol. The van der Waals surface area contributed by atoms with E-state index in [9.17, 15) is 0 Å². The molecule has 2 aliphatic rings. The lowest BCUT2D eigenvalue weighted by molar-refractivity contribution is 0.0664. The summed E-state index contributed by atoms with van der Waals surface area (Å²) in [5.41, 5.74) is 0. The lowest BCUT2D eigenvalue weighted by Crippen LogP contribution is -2.44. The van der Waals surface area contributed by atoms with Gasteiger partial charge in [0.2, 0.25) is 0 Å². The van der Waals surface area contributed by atoms with E-state index in [0.29, 0.717) is 12.1 Å². The average molecular weight is 225 g/mol. The fraction of sp³-hybridized carbons (Fsp3) is 1.00. The number of ether oxygens (including phenoxy) is 1. The Hall–Kier alpha value is -0.0800. The third-order valence-electron chi connectivity index (χ3n) is 4.62. The van der Waals surface area contributed by atoms with Gasteiger partial charge in [-0.25, -0.2) is 0 Å². The highest BCUT2D eigenvalue weighted by Gasteiger charge is 2.37. The quantitative estimate of drug-likeness (QED) is 0.794. The van der Waals surface area contributed by atoms with Crippen LogP contribution in [0.15, 0.2) is 0 Å². The van der Waals surface area contributed by atoms with Crippen LogP contribution in [0.1, 0.15) is 51.9 Å². The van der Waals surface area contributed by atoms with Crippen molar-refractivity contribution in [1.29, 1.82) is 0 Å². The lowest BCUT2D eigenvalue weighted by atomic mass is 9.76. The van der Waals surface area contributed by atoms with Crippen LogP contribution in [0.4, 0.5) is 0 Å². The van der Waals surface area contributed by atoms with Gasteiger partial charge in [-0.15, -0.1) is 0 Å². The second kappa shape index (κ2) is 6.02. The first kappa shape index (κ1) is 12.4. The molecule has 1 saturated heterocycles. The van der Waals surface area contributed by atoms with Gasteiger partial charge >= 0.3 is 0 Å². The minimum absolute atomic E-state index is 0.513. The minimum Gasteiger partial charge on any atom is -0.378 e. The van der Waals surface area contributed by atoms with Crippen molar-refractivity contribution < 1.29 is 4.74 Å². The Balaban J connectivity index is 1.97. The van der Waals surface area contributed by atoms with Gasteiger partial charge in [0.25, 0.3) is 0 Å². The summed E-state index contributed by atoms with van der Waals surface area (Å²) < 4.78 is 5.85. The fourth-order valence-electron chi connectivity index (χ4n) is 3.79. The molecule has 2 heteroatoms. The standard InChI is InChI=1S/C14H27NO/c1-3-13-12(9-10-16-13)14(15-2)11-7-5-4-6-8-11/h11-15H,3-10H2,1-2H3. The maximum atomic E-state index is 5.85. The Morgan fingerprint density at radius 2 is 1.94 bits per heavy atom. The minimum atomic E-state index is 0.513. The van der Waals surface area contributed by atoms with Gasteiger partial charge in [0.15, 0.2) is 0 Å². The van der Waals surface area contributed by atoms with Crippen LogP contribution in [0.2, 0.25) is 0 Å². The normalized spacial score (nSPS) is 34.1. The van der Waals surface area contributed by atoms with Gasteiger partial charge in [0.05, 0.1) is 6.10 Å². The highest BCUT2D eigenvalue weighted by molar-refractivity contribution is 4.90. The Morgan fingerprint density at radius 3 is 2.56 bits per heavy atom. The molecule has 16 heavy (non-hydrogen) atoms. The Morgan fingerprint density at radius 1 is 1.19 bits per heavy atom. The molecule has 94 valence electrons. The predicted molar refractivity (Wildman–Crippen MR) is 67.6 cm³/mol. The molecule has 0 aromatic heterocycles. The third-order valence-corrected chi connectivity index (χ3v) is 4.62. The topological polar surface area (TPSA) is 21.3 Å². The van der Waals surface area contributed by atoms with Crippen LogP contribution in [-0.4, -0.2) is 25.8 Å². The van der Waals surface area contributed by atoms with Crippen molar-refractivity contribution in [2.45, 2.75) is 64.0 Å². The zero-order chi connectivity index (χ0) is 11.4. The maximum Gasteiger partial charge on any atom is 0.0616 e.